The SMILES string of the molecule is C[C@H]1CN(c2nccc3[nH]ccc23)CCCO1. The molecule has 4 nitrogen and oxygen atoms in total. The van der Waals surface area contributed by atoms with Crippen LogP contribution in [0.1, 0.15) is 13.3 Å². The van der Waals surface area contributed by atoms with Crippen LogP contribution in [0.5, 0.6) is 0 Å². The molecule has 0 bridgehead atoms. The summed E-state index contributed by atoms with van der Waals surface area (Å²) in [6.07, 6.45) is 5.17. The lowest BCUT2D eigenvalue weighted by Crippen LogP contribution is -2.30. The van der Waals surface area contributed by atoms with Crippen LogP contribution in [0, 0.1) is 0 Å². The van der Waals surface area contributed by atoms with Crippen LogP contribution in [0.15, 0.2) is 24.5 Å². The van der Waals surface area contributed by atoms with E-state index >= 15 is 0 Å². The molecule has 3 rings (SSSR count). The zero-order valence-electron chi connectivity index (χ0n) is 10.0. The van der Waals surface area contributed by atoms with Crippen LogP contribution in [0.4, 0.5) is 5.82 Å². The smallest absolute Gasteiger partial charge is 0.138 e. The van der Waals surface area contributed by atoms with Gasteiger partial charge in [-0.15, -0.1) is 0 Å². The zero-order chi connectivity index (χ0) is 11.7. The number of nitrogens with zero attached hydrogens (tertiary/aromatic N) is 2. The van der Waals surface area contributed by atoms with Gasteiger partial charge in [-0.2, -0.15) is 0 Å². The number of aromatic amines is 1. The molecule has 1 N–H and O–H groups in total. The standard InChI is InChI=1S/C13H17N3O/c1-10-9-16(7-2-8-17-10)13-11-3-5-14-12(11)4-6-15-13/h3-6,10,14H,2,7-9H2,1H3/t10-/m0/s1. The van der Waals surface area contributed by atoms with Gasteiger partial charge in [-0.3, -0.25) is 0 Å². The average Bonchev–Trinajstić information content (AvgIpc) is 2.71. The van der Waals surface area contributed by atoms with E-state index in [1.54, 1.807) is 0 Å². The summed E-state index contributed by atoms with van der Waals surface area (Å²) in [6.45, 7) is 4.90. The number of ether oxygens (including phenoxy) is 1. The molecule has 1 aliphatic rings. The van der Waals surface area contributed by atoms with Crippen molar-refractivity contribution in [1.82, 2.24) is 9.97 Å². The van der Waals surface area contributed by atoms with Gasteiger partial charge in [0.1, 0.15) is 5.82 Å². The molecule has 2 aromatic heterocycles. The second-order valence-corrected chi connectivity index (χ2v) is 4.55. The molecule has 3 heterocycles. The van der Waals surface area contributed by atoms with Crippen molar-refractivity contribution < 1.29 is 4.74 Å². The molecular formula is C13H17N3O. The summed E-state index contributed by atoms with van der Waals surface area (Å²) in [5.74, 6) is 1.07. The monoisotopic (exact) mass is 231 g/mol. The molecule has 17 heavy (non-hydrogen) atoms. The minimum absolute atomic E-state index is 0.272. The molecule has 0 unspecified atom stereocenters. The number of aromatic nitrogens is 2. The summed E-state index contributed by atoms with van der Waals surface area (Å²) in [6, 6.07) is 4.10. The van der Waals surface area contributed by atoms with Crippen LogP contribution in [-0.2, 0) is 4.74 Å². The van der Waals surface area contributed by atoms with Gasteiger partial charge < -0.3 is 14.6 Å². The molecule has 1 aliphatic heterocycles. The fourth-order valence-electron chi connectivity index (χ4n) is 2.41. The Morgan fingerprint density at radius 3 is 3.35 bits per heavy atom. The second kappa shape index (κ2) is 4.37. The van der Waals surface area contributed by atoms with Crippen molar-refractivity contribution in [2.24, 2.45) is 0 Å². The van der Waals surface area contributed by atoms with Gasteiger partial charge in [0.25, 0.3) is 0 Å². The van der Waals surface area contributed by atoms with Crippen LogP contribution in [0.3, 0.4) is 0 Å². The molecule has 4 heteroatoms. The summed E-state index contributed by atoms with van der Waals surface area (Å²) >= 11 is 0. The molecule has 0 spiro atoms. The zero-order valence-corrected chi connectivity index (χ0v) is 10.0. The normalized spacial score (nSPS) is 21.7. The molecule has 1 atom stereocenters. The maximum absolute atomic E-state index is 5.67. The van der Waals surface area contributed by atoms with E-state index in [9.17, 15) is 0 Å². The van der Waals surface area contributed by atoms with Gasteiger partial charge in [0, 0.05) is 37.5 Å². The van der Waals surface area contributed by atoms with E-state index in [0.29, 0.717) is 0 Å². The lowest BCUT2D eigenvalue weighted by molar-refractivity contribution is 0.0820. The summed E-state index contributed by atoms with van der Waals surface area (Å²) in [4.78, 5) is 10.1. The first-order chi connectivity index (χ1) is 8.34. The first-order valence-electron chi connectivity index (χ1n) is 6.13. The molecule has 1 saturated heterocycles. The highest BCUT2D eigenvalue weighted by Crippen LogP contribution is 2.24. The van der Waals surface area contributed by atoms with Crippen molar-refractivity contribution in [3.8, 4) is 0 Å². The molecular weight excluding hydrogens is 214 g/mol. The predicted molar refractivity (Wildman–Crippen MR) is 68.3 cm³/mol. The molecule has 0 aromatic carbocycles. The topological polar surface area (TPSA) is 41.2 Å². The number of pyridine rings is 1. The van der Waals surface area contributed by atoms with E-state index in [-0.39, 0.29) is 6.10 Å². The van der Waals surface area contributed by atoms with Gasteiger partial charge in [0.05, 0.1) is 11.6 Å². The Labute approximate surface area is 101 Å². The number of hydrogen-bond donors (Lipinski definition) is 1. The Balaban J connectivity index is 1.99. The van der Waals surface area contributed by atoms with Crippen molar-refractivity contribution in [2.45, 2.75) is 19.4 Å². The van der Waals surface area contributed by atoms with Crippen molar-refractivity contribution in [3.63, 3.8) is 0 Å². The Kier molecular flexibility index (Phi) is 2.73. The van der Waals surface area contributed by atoms with Crippen LogP contribution in [-0.4, -0.2) is 35.8 Å². The number of anilines is 1. The summed E-state index contributed by atoms with van der Waals surface area (Å²) in [7, 11) is 0. The molecule has 90 valence electrons. The third-order valence-corrected chi connectivity index (χ3v) is 3.21. The molecule has 0 amide bonds. The number of H-pyrrole nitrogens is 1. The van der Waals surface area contributed by atoms with Crippen molar-refractivity contribution in [1.29, 1.82) is 0 Å². The Morgan fingerprint density at radius 2 is 2.41 bits per heavy atom. The maximum atomic E-state index is 5.67. The largest absolute Gasteiger partial charge is 0.377 e. The van der Waals surface area contributed by atoms with Gasteiger partial charge in [0.15, 0.2) is 0 Å². The highest BCUT2D eigenvalue weighted by molar-refractivity contribution is 5.89. The van der Waals surface area contributed by atoms with Crippen LogP contribution in [0.2, 0.25) is 0 Å². The summed E-state index contributed by atoms with van der Waals surface area (Å²) in [5.41, 5.74) is 1.15. The number of nitrogens with one attached hydrogen (secondary N) is 1. The van der Waals surface area contributed by atoms with Gasteiger partial charge in [-0.05, 0) is 25.5 Å². The lowest BCUT2D eigenvalue weighted by atomic mass is 10.2. The molecule has 0 radical (unpaired) electrons. The van der Waals surface area contributed by atoms with Crippen LogP contribution in [0.25, 0.3) is 10.9 Å². The predicted octanol–water partition coefficient (Wildman–Crippen LogP) is 2.18. The van der Waals surface area contributed by atoms with Crippen molar-refractivity contribution in [3.05, 3.63) is 24.5 Å². The van der Waals surface area contributed by atoms with E-state index in [0.717, 1.165) is 37.5 Å². The third kappa shape index (κ3) is 2.00. The Morgan fingerprint density at radius 1 is 1.47 bits per heavy atom. The molecule has 0 aliphatic carbocycles. The third-order valence-electron chi connectivity index (χ3n) is 3.21. The molecule has 0 saturated carbocycles. The first kappa shape index (κ1) is 10.6. The van der Waals surface area contributed by atoms with E-state index in [1.807, 2.05) is 18.5 Å². The lowest BCUT2D eigenvalue weighted by Gasteiger charge is -2.23. The van der Waals surface area contributed by atoms with Crippen LogP contribution >= 0.6 is 0 Å². The number of fused-ring (bicyclic) bond motifs is 1. The second-order valence-electron chi connectivity index (χ2n) is 4.55. The van der Waals surface area contributed by atoms with E-state index in [2.05, 4.69) is 27.9 Å². The van der Waals surface area contributed by atoms with Gasteiger partial charge in [-0.25, -0.2) is 4.98 Å². The van der Waals surface area contributed by atoms with Crippen molar-refractivity contribution >= 4 is 16.7 Å². The molecule has 2 aromatic rings. The minimum atomic E-state index is 0.272. The van der Waals surface area contributed by atoms with Crippen LogP contribution < -0.4 is 4.90 Å². The average molecular weight is 231 g/mol. The number of rotatable bonds is 1. The maximum Gasteiger partial charge on any atom is 0.138 e. The van der Waals surface area contributed by atoms with E-state index in [1.165, 1.54) is 5.39 Å². The minimum Gasteiger partial charge on any atom is -0.377 e. The Hall–Kier alpha value is -1.55. The van der Waals surface area contributed by atoms with Crippen molar-refractivity contribution in [2.75, 3.05) is 24.6 Å². The fourth-order valence-corrected chi connectivity index (χ4v) is 2.41. The van der Waals surface area contributed by atoms with E-state index in [4.69, 9.17) is 4.74 Å². The summed E-state index contributed by atoms with van der Waals surface area (Å²) < 4.78 is 5.67. The summed E-state index contributed by atoms with van der Waals surface area (Å²) in [5, 5.41) is 1.20. The van der Waals surface area contributed by atoms with Gasteiger partial charge in [-0.1, -0.05) is 0 Å². The van der Waals surface area contributed by atoms with Gasteiger partial charge in [0.2, 0.25) is 0 Å². The first-order valence-corrected chi connectivity index (χ1v) is 6.13. The quantitative estimate of drug-likeness (QED) is 0.817. The highest BCUT2D eigenvalue weighted by atomic mass is 16.5. The Bertz CT molecular complexity index is 508. The fraction of sp³-hybridized carbons (Fsp3) is 0.462. The molecule has 1 fully saturated rings. The highest BCUT2D eigenvalue weighted by Gasteiger charge is 2.18. The number of hydrogen-bond acceptors (Lipinski definition) is 3. The van der Waals surface area contributed by atoms with E-state index < -0.39 is 0 Å². The van der Waals surface area contributed by atoms with Gasteiger partial charge >= 0.3 is 0 Å².